The Morgan fingerprint density at radius 3 is 2.57 bits per heavy atom. The number of hydrogen-bond acceptors (Lipinski definition) is 5. The van der Waals surface area contributed by atoms with E-state index in [0.29, 0.717) is 41.7 Å². The van der Waals surface area contributed by atoms with Crippen molar-refractivity contribution in [1.29, 1.82) is 0 Å². The highest BCUT2D eigenvalue weighted by Crippen LogP contribution is 2.31. The van der Waals surface area contributed by atoms with Gasteiger partial charge in [-0.25, -0.2) is 19.3 Å². The van der Waals surface area contributed by atoms with Gasteiger partial charge in [0.2, 0.25) is 5.95 Å². The van der Waals surface area contributed by atoms with Crippen LogP contribution in [-0.4, -0.2) is 32.7 Å². The SMILES string of the molecule is Cn1ccnc1-c1nc(NCCCOc2ccccc2)ncc1-c1ccccc1F. The Balaban J connectivity index is 1.50. The van der Waals surface area contributed by atoms with Crippen LogP contribution in [0.3, 0.4) is 0 Å². The number of nitrogens with one attached hydrogen (secondary N) is 1. The van der Waals surface area contributed by atoms with E-state index in [2.05, 4.69) is 20.3 Å². The van der Waals surface area contributed by atoms with E-state index < -0.39 is 0 Å². The van der Waals surface area contributed by atoms with Crippen LogP contribution in [0, 0.1) is 5.82 Å². The summed E-state index contributed by atoms with van der Waals surface area (Å²) in [6.07, 6.45) is 5.94. The zero-order valence-corrected chi connectivity index (χ0v) is 16.6. The van der Waals surface area contributed by atoms with Gasteiger partial charge in [0.1, 0.15) is 17.3 Å². The summed E-state index contributed by atoms with van der Waals surface area (Å²) in [4.78, 5) is 13.4. The summed E-state index contributed by atoms with van der Waals surface area (Å²) in [5.41, 5.74) is 1.62. The number of ether oxygens (including phenoxy) is 1. The van der Waals surface area contributed by atoms with Crippen molar-refractivity contribution >= 4 is 5.95 Å². The Labute approximate surface area is 174 Å². The Hall–Kier alpha value is -3.74. The molecule has 0 fully saturated rings. The van der Waals surface area contributed by atoms with Gasteiger partial charge in [-0.2, -0.15) is 0 Å². The maximum absolute atomic E-state index is 14.4. The van der Waals surface area contributed by atoms with Crippen molar-refractivity contribution in [3.63, 3.8) is 0 Å². The molecule has 0 bridgehead atoms. The molecule has 0 unspecified atom stereocenters. The van der Waals surface area contributed by atoms with Gasteiger partial charge in [0, 0.05) is 43.3 Å². The fourth-order valence-electron chi connectivity index (χ4n) is 3.09. The zero-order chi connectivity index (χ0) is 20.8. The predicted octanol–water partition coefficient (Wildman–Crippen LogP) is 4.56. The van der Waals surface area contributed by atoms with Gasteiger partial charge < -0.3 is 14.6 Å². The highest BCUT2D eigenvalue weighted by molar-refractivity contribution is 5.78. The van der Waals surface area contributed by atoms with E-state index in [1.54, 1.807) is 30.6 Å². The number of hydrogen-bond donors (Lipinski definition) is 1. The van der Waals surface area contributed by atoms with Gasteiger partial charge in [-0.1, -0.05) is 36.4 Å². The number of halogens is 1. The van der Waals surface area contributed by atoms with Crippen molar-refractivity contribution < 1.29 is 9.13 Å². The summed E-state index contributed by atoms with van der Waals surface area (Å²) in [5.74, 6) is 1.63. The van der Waals surface area contributed by atoms with Crippen molar-refractivity contribution in [3.05, 3.63) is 79.0 Å². The largest absolute Gasteiger partial charge is 0.494 e. The molecule has 6 nitrogen and oxygen atoms in total. The standard InChI is InChI=1S/C23H22FN5O/c1-29-14-13-25-22(29)21-19(18-10-5-6-11-20(18)24)16-27-23(28-21)26-12-7-15-30-17-8-3-2-4-9-17/h2-6,8-11,13-14,16H,7,12,15H2,1H3,(H,26,27,28). The van der Waals surface area contributed by atoms with Crippen LogP contribution in [0.1, 0.15) is 6.42 Å². The first-order valence-electron chi connectivity index (χ1n) is 9.74. The van der Waals surface area contributed by atoms with Crippen molar-refractivity contribution in [3.8, 4) is 28.4 Å². The third kappa shape index (κ3) is 4.46. The maximum Gasteiger partial charge on any atom is 0.223 e. The lowest BCUT2D eigenvalue weighted by molar-refractivity contribution is 0.315. The molecule has 7 heteroatoms. The number of para-hydroxylation sites is 1. The highest BCUT2D eigenvalue weighted by atomic mass is 19.1. The lowest BCUT2D eigenvalue weighted by Crippen LogP contribution is -2.10. The van der Waals surface area contributed by atoms with E-state index in [0.717, 1.165) is 12.2 Å². The molecule has 4 aromatic rings. The molecule has 0 spiro atoms. The van der Waals surface area contributed by atoms with E-state index in [9.17, 15) is 4.39 Å². The molecule has 0 aliphatic heterocycles. The maximum atomic E-state index is 14.4. The normalized spacial score (nSPS) is 10.7. The Morgan fingerprint density at radius 1 is 1.00 bits per heavy atom. The van der Waals surface area contributed by atoms with Crippen molar-refractivity contribution in [1.82, 2.24) is 19.5 Å². The Morgan fingerprint density at radius 2 is 1.80 bits per heavy atom. The third-order valence-electron chi connectivity index (χ3n) is 4.60. The summed E-state index contributed by atoms with van der Waals surface area (Å²) in [6, 6.07) is 16.3. The van der Waals surface area contributed by atoms with Gasteiger partial charge in [0.25, 0.3) is 0 Å². The molecule has 2 aromatic heterocycles. The van der Waals surface area contributed by atoms with Crippen LogP contribution in [0.25, 0.3) is 22.6 Å². The second-order valence-corrected chi connectivity index (χ2v) is 6.74. The molecule has 0 atom stereocenters. The molecular weight excluding hydrogens is 381 g/mol. The van der Waals surface area contributed by atoms with Gasteiger partial charge in [0.15, 0.2) is 5.82 Å². The Bertz CT molecular complexity index is 1110. The molecule has 0 aliphatic rings. The fourth-order valence-corrected chi connectivity index (χ4v) is 3.09. The third-order valence-corrected chi connectivity index (χ3v) is 4.60. The molecule has 2 aromatic carbocycles. The van der Waals surface area contributed by atoms with E-state index in [1.807, 2.05) is 48.1 Å². The lowest BCUT2D eigenvalue weighted by Gasteiger charge is -2.12. The van der Waals surface area contributed by atoms with E-state index in [1.165, 1.54) is 6.07 Å². The van der Waals surface area contributed by atoms with Crippen molar-refractivity contribution in [2.75, 3.05) is 18.5 Å². The quantitative estimate of drug-likeness (QED) is 0.437. The molecule has 2 heterocycles. The van der Waals surface area contributed by atoms with E-state index >= 15 is 0 Å². The minimum atomic E-state index is -0.324. The molecule has 4 rings (SSSR count). The first kappa shape index (κ1) is 19.6. The van der Waals surface area contributed by atoms with Crippen LogP contribution in [0.15, 0.2) is 73.2 Å². The molecule has 0 amide bonds. The number of imidazole rings is 1. The van der Waals surface area contributed by atoms with Crippen LogP contribution in [0.2, 0.25) is 0 Å². The molecule has 0 saturated heterocycles. The second kappa shape index (κ2) is 9.17. The van der Waals surface area contributed by atoms with Crippen LogP contribution in [0.4, 0.5) is 10.3 Å². The lowest BCUT2D eigenvalue weighted by atomic mass is 10.0. The van der Waals surface area contributed by atoms with Crippen molar-refractivity contribution in [2.24, 2.45) is 7.05 Å². The number of nitrogens with zero attached hydrogens (tertiary/aromatic N) is 4. The molecule has 0 saturated carbocycles. The molecule has 0 aliphatic carbocycles. The summed E-state index contributed by atoms with van der Waals surface area (Å²) in [7, 11) is 1.88. The van der Waals surface area contributed by atoms with Crippen LogP contribution >= 0.6 is 0 Å². The topological polar surface area (TPSA) is 64.9 Å². The number of aryl methyl sites for hydroxylation is 1. The highest BCUT2D eigenvalue weighted by Gasteiger charge is 2.17. The molecular formula is C23H22FN5O. The number of benzene rings is 2. The fraction of sp³-hybridized carbons (Fsp3) is 0.174. The predicted molar refractivity (Wildman–Crippen MR) is 115 cm³/mol. The average Bonchev–Trinajstić information content (AvgIpc) is 3.20. The van der Waals surface area contributed by atoms with E-state index in [-0.39, 0.29) is 5.82 Å². The van der Waals surface area contributed by atoms with Gasteiger partial charge in [-0.15, -0.1) is 0 Å². The molecule has 1 N–H and O–H groups in total. The summed E-state index contributed by atoms with van der Waals surface area (Å²) >= 11 is 0. The number of aromatic nitrogens is 4. The summed E-state index contributed by atoms with van der Waals surface area (Å²) in [5, 5.41) is 3.21. The van der Waals surface area contributed by atoms with E-state index in [4.69, 9.17) is 4.74 Å². The number of rotatable bonds is 8. The summed E-state index contributed by atoms with van der Waals surface area (Å²) < 4.78 is 22.0. The first-order valence-corrected chi connectivity index (χ1v) is 9.74. The zero-order valence-electron chi connectivity index (χ0n) is 16.6. The average molecular weight is 403 g/mol. The minimum absolute atomic E-state index is 0.324. The van der Waals surface area contributed by atoms with Gasteiger partial charge >= 0.3 is 0 Å². The molecule has 30 heavy (non-hydrogen) atoms. The summed E-state index contributed by atoms with van der Waals surface area (Å²) in [6.45, 7) is 1.22. The molecule has 152 valence electrons. The smallest absolute Gasteiger partial charge is 0.223 e. The van der Waals surface area contributed by atoms with Gasteiger partial charge in [0.05, 0.1) is 6.61 Å². The van der Waals surface area contributed by atoms with Crippen LogP contribution in [0.5, 0.6) is 5.75 Å². The monoisotopic (exact) mass is 403 g/mol. The van der Waals surface area contributed by atoms with Crippen LogP contribution in [-0.2, 0) is 7.05 Å². The van der Waals surface area contributed by atoms with Crippen molar-refractivity contribution in [2.45, 2.75) is 6.42 Å². The van der Waals surface area contributed by atoms with Gasteiger partial charge in [-0.05, 0) is 24.6 Å². The second-order valence-electron chi connectivity index (χ2n) is 6.74. The first-order chi connectivity index (χ1) is 14.7. The Kier molecular flexibility index (Phi) is 5.98. The number of anilines is 1. The van der Waals surface area contributed by atoms with Gasteiger partial charge in [-0.3, -0.25) is 0 Å². The van der Waals surface area contributed by atoms with Crippen LogP contribution < -0.4 is 10.1 Å². The molecule has 0 radical (unpaired) electrons. The minimum Gasteiger partial charge on any atom is -0.494 e.